The molecule has 1 atom stereocenters. The Morgan fingerprint density at radius 2 is 2.15 bits per heavy atom. The Morgan fingerprint density at radius 3 is 2.54 bits per heavy atom. The average molecular weight is 189 g/mol. The third-order valence-electron chi connectivity index (χ3n) is 1.63. The van der Waals surface area contributed by atoms with Crippen LogP contribution in [0.15, 0.2) is 0 Å². The maximum atomic E-state index is 11.1. The Hall–Kier alpha value is -0.610. The third kappa shape index (κ3) is 6.54. The van der Waals surface area contributed by atoms with Gasteiger partial charge in [0.15, 0.2) is 0 Å². The molecule has 0 radical (unpaired) electrons. The van der Waals surface area contributed by atoms with Gasteiger partial charge in [0.1, 0.15) is 6.61 Å². The number of aliphatic hydroxyl groups is 1. The molecule has 0 aliphatic rings. The zero-order chi connectivity index (χ0) is 10.3. The molecule has 2 N–H and O–H groups in total. The number of amides is 1. The molecule has 4 heteroatoms. The van der Waals surface area contributed by atoms with Crippen LogP contribution in [-0.4, -0.2) is 36.4 Å². The number of rotatable bonds is 6. The molecule has 0 spiro atoms. The first kappa shape index (κ1) is 12.4. The summed E-state index contributed by atoms with van der Waals surface area (Å²) >= 11 is 0. The Bertz CT molecular complexity index is 144. The molecule has 0 saturated heterocycles. The number of aliphatic hydroxyl groups excluding tert-OH is 1. The second kappa shape index (κ2) is 6.86. The fourth-order valence-corrected chi connectivity index (χ4v) is 0.788. The van der Waals surface area contributed by atoms with E-state index in [0.717, 1.165) is 6.42 Å². The highest BCUT2D eigenvalue weighted by Gasteiger charge is 2.09. The van der Waals surface area contributed by atoms with E-state index in [1.54, 1.807) is 0 Å². The van der Waals surface area contributed by atoms with Crippen molar-refractivity contribution < 1.29 is 14.6 Å². The standard InChI is InChI=1S/C9H19NO3/c1-4-8(5-11)10-9(12)6-13-7(2)3/h7-8,11H,4-6H2,1-3H3,(H,10,12). The quantitative estimate of drug-likeness (QED) is 0.631. The molecule has 0 rings (SSSR count). The fraction of sp³-hybridized carbons (Fsp3) is 0.889. The minimum atomic E-state index is -0.172. The first-order valence-electron chi connectivity index (χ1n) is 4.62. The third-order valence-corrected chi connectivity index (χ3v) is 1.63. The summed E-state index contributed by atoms with van der Waals surface area (Å²) in [5.41, 5.74) is 0. The predicted molar refractivity (Wildman–Crippen MR) is 50.4 cm³/mol. The lowest BCUT2D eigenvalue weighted by atomic mass is 10.2. The van der Waals surface area contributed by atoms with Gasteiger partial charge in [0, 0.05) is 0 Å². The summed E-state index contributed by atoms with van der Waals surface area (Å²) in [6.07, 6.45) is 0.782. The molecule has 0 aromatic carbocycles. The predicted octanol–water partition coefficient (Wildman–Crippen LogP) is 0.298. The lowest BCUT2D eigenvalue weighted by molar-refractivity contribution is -0.128. The molecule has 0 aliphatic heterocycles. The zero-order valence-corrected chi connectivity index (χ0v) is 8.54. The van der Waals surface area contributed by atoms with Crippen molar-refractivity contribution in [3.05, 3.63) is 0 Å². The first-order chi connectivity index (χ1) is 6.10. The van der Waals surface area contributed by atoms with Crippen LogP contribution in [0.1, 0.15) is 27.2 Å². The molecule has 0 aromatic rings. The Labute approximate surface area is 79.3 Å². The van der Waals surface area contributed by atoms with Crippen molar-refractivity contribution in [1.82, 2.24) is 5.32 Å². The maximum Gasteiger partial charge on any atom is 0.246 e. The Kier molecular flexibility index (Phi) is 6.54. The molecule has 0 aliphatic carbocycles. The van der Waals surface area contributed by atoms with Crippen LogP contribution in [0.25, 0.3) is 0 Å². The van der Waals surface area contributed by atoms with Gasteiger partial charge in [0.2, 0.25) is 5.91 Å². The van der Waals surface area contributed by atoms with Crippen LogP contribution in [0.5, 0.6) is 0 Å². The smallest absolute Gasteiger partial charge is 0.246 e. The molecule has 1 unspecified atom stereocenters. The molecule has 13 heavy (non-hydrogen) atoms. The normalized spacial score (nSPS) is 13.0. The molecule has 0 saturated carbocycles. The van der Waals surface area contributed by atoms with Gasteiger partial charge in [-0.2, -0.15) is 0 Å². The minimum absolute atomic E-state index is 0.0239. The molecule has 78 valence electrons. The van der Waals surface area contributed by atoms with E-state index in [2.05, 4.69) is 5.32 Å². The molecule has 0 heterocycles. The monoisotopic (exact) mass is 189 g/mol. The van der Waals surface area contributed by atoms with E-state index in [4.69, 9.17) is 9.84 Å². The summed E-state index contributed by atoms with van der Waals surface area (Å²) < 4.78 is 5.10. The second-order valence-corrected chi connectivity index (χ2v) is 3.22. The van der Waals surface area contributed by atoms with Gasteiger partial charge in [0.25, 0.3) is 0 Å². The molecule has 0 fully saturated rings. The van der Waals surface area contributed by atoms with Gasteiger partial charge in [-0.3, -0.25) is 4.79 Å². The van der Waals surface area contributed by atoms with Crippen molar-refractivity contribution >= 4 is 5.91 Å². The highest BCUT2D eigenvalue weighted by molar-refractivity contribution is 5.77. The molecule has 0 aromatic heterocycles. The molecular formula is C9H19NO3. The topological polar surface area (TPSA) is 58.6 Å². The number of ether oxygens (including phenoxy) is 1. The number of carbonyl (C=O) groups excluding carboxylic acids is 1. The Morgan fingerprint density at radius 1 is 1.54 bits per heavy atom. The van der Waals surface area contributed by atoms with Crippen molar-refractivity contribution in [2.45, 2.75) is 39.3 Å². The van der Waals surface area contributed by atoms with E-state index in [-0.39, 0.29) is 31.3 Å². The van der Waals surface area contributed by atoms with Crippen LogP contribution in [-0.2, 0) is 9.53 Å². The summed E-state index contributed by atoms with van der Waals surface area (Å²) in [6, 6.07) is -0.150. The lowest BCUT2D eigenvalue weighted by Crippen LogP contribution is -2.39. The number of carbonyl (C=O) groups is 1. The molecular weight excluding hydrogens is 170 g/mol. The van der Waals surface area contributed by atoms with Gasteiger partial charge in [-0.1, -0.05) is 6.92 Å². The van der Waals surface area contributed by atoms with E-state index >= 15 is 0 Å². The van der Waals surface area contributed by atoms with Gasteiger partial charge >= 0.3 is 0 Å². The van der Waals surface area contributed by atoms with Crippen molar-refractivity contribution in [3.63, 3.8) is 0 Å². The van der Waals surface area contributed by atoms with Gasteiger partial charge in [-0.05, 0) is 20.3 Å². The first-order valence-corrected chi connectivity index (χ1v) is 4.62. The average Bonchev–Trinajstić information content (AvgIpc) is 2.10. The van der Waals surface area contributed by atoms with E-state index in [1.165, 1.54) is 0 Å². The van der Waals surface area contributed by atoms with Gasteiger partial charge in [0.05, 0.1) is 18.8 Å². The second-order valence-electron chi connectivity index (χ2n) is 3.22. The van der Waals surface area contributed by atoms with E-state index < -0.39 is 0 Å². The minimum Gasteiger partial charge on any atom is -0.394 e. The van der Waals surface area contributed by atoms with Crippen LogP contribution >= 0.6 is 0 Å². The van der Waals surface area contributed by atoms with E-state index in [0.29, 0.717) is 0 Å². The lowest BCUT2D eigenvalue weighted by Gasteiger charge is -2.14. The highest BCUT2D eigenvalue weighted by atomic mass is 16.5. The molecule has 1 amide bonds. The maximum absolute atomic E-state index is 11.1. The number of hydrogen-bond donors (Lipinski definition) is 2. The van der Waals surface area contributed by atoms with Crippen LogP contribution < -0.4 is 5.32 Å². The van der Waals surface area contributed by atoms with Gasteiger partial charge < -0.3 is 15.2 Å². The van der Waals surface area contributed by atoms with Crippen molar-refractivity contribution in [1.29, 1.82) is 0 Å². The van der Waals surface area contributed by atoms with Crippen molar-refractivity contribution in [2.24, 2.45) is 0 Å². The van der Waals surface area contributed by atoms with Crippen LogP contribution in [0.4, 0.5) is 0 Å². The summed E-state index contributed by atoms with van der Waals surface area (Å²) in [6.45, 7) is 5.69. The van der Waals surface area contributed by atoms with Gasteiger partial charge in [-0.25, -0.2) is 0 Å². The van der Waals surface area contributed by atoms with Crippen LogP contribution in [0.3, 0.4) is 0 Å². The fourth-order valence-electron chi connectivity index (χ4n) is 0.788. The van der Waals surface area contributed by atoms with Crippen LogP contribution in [0, 0.1) is 0 Å². The van der Waals surface area contributed by atoms with E-state index in [9.17, 15) is 4.79 Å². The molecule has 0 bridgehead atoms. The van der Waals surface area contributed by atoms with Crippen molar-refractivity contribution in [3.8, 4) is 0 Å². The highest BCUT2D eigenvalue weighted by Crippen LogP contribution is 1.90. The SMILES string of the molecule is CCC(CO)NC(=O)COC(C)C. The summed E-state index contributed by atoms with van der Waals surface area (Å²) in [4.78, 5) is 11.1. The summed E-state index contributed by atoms with van der Waals surface area (Å²) in [5, 5.41) is 11.5. The summed E-state index contributed by atoms with van der Waals surface area (Å²) in [7, 11) is 0. The molecule has 4 nitrogen and oxygen atoms in total. The Balaban J connectivity index is 3.60. The van der Waals surface area contributed by atoms with E-state index in [1.807, 2.05) is 20.8 Å². The number of nitrogens with one attached hydrogen (secondary N) is 1. The summed E-state index contributed by atoms with van der Waals surface area (Å²) in [5.74, 6) is -0.172. The van der Waals surface area contributed by atoms with Gasteiger partial charge in [-0.15, -0.1) is 0 Å². The largest absolute Gasteiger partial charge is 0.394 e. The number of hydrogen-bond acceptors (Lipinski definition) is 3. The van der Waals surface area contributed by atoms with Crippen LogP contribution in [0.2, 0.25) is 0 Å². The van der Waals surface area contributed by atoms with Crippen molar-refractivity contribution in [2.75, 3.05) is 13.2 Å². The zero-order valence-electron chi connectivity index (χ0n) is 8.54.